The number of carboxylic acid groups (broad SMARTS) is 1. The van der Waals surface area contributed by atoms with E-state index in [1.807, 2.05) is 33.0 Å². The molecule has 0 bridgehead atoms. The van der Waals surface area contributed by atoms with E-state index in [9.17, 15) is 22.8 Å². The molecule has 1 fully saturated rings. The Hall–Kier alpha value is -4.12. The van der Waals surface area contributed by atoms with Gasteiger partial charge in [-0.15, -0.1) is 0 Å². The first-order valence-electron chi connectivity index (χ1n) is 16.3. The minimum atomic E-state index is -0.952. The topological polar surface area (TPSA) is 87.4 Å². The second-order valence-corrected chi connectivity index (χ2v) is 11.0. The van der Waals surface area contributed by atoms with Gasteiger partial charge < -0.3 is 14.2 Å². The molecule has 1 N–H and O–H groups in total. The van der Waals surface area contributed by atoms with E-state index in [0.29, 0.717) is 24.4 Å². The Morgan fingerprint density at radius 1 is 1.23 bits per heavy atom. The number of pyridine rings is 1. The van der Waals surface area contributed by atoms with E-state index in [4.69, 9.17) is 14.8 Å². The number of carbonyl (C=O) groups excluding carboxylic acids is 1. The van der Waals surface area contributed by atoms with Crippen molar-refractivity contribution < 1.29 is 32.6 Å². The highest BCUT2D eigenvalue weighted by Gasteiger charge is 2.28. The molecule has 0 spiro atoms. The fourth-order valence-electron chi connectivity index (χ4n) is 4.22. The van der Waals surface area contributed by atoms with Gasteiger partial charge in [0.2, 0.25) is 0 Å². The van der Waals surface area contributed by atoms with Gasteiger partial charge >= 0.3 is 12.1 Å². The summed E-state index contributed by atoms with van der Waals surface area (Å²) in [5.41, 5.74) is 6.09. The summed E-state index contributed by atoms with van der Waals surface area (Å²) < 4.78 is 41.0. The van der Waals surface area contributed by atoms with Gasteiger partial charge in [-0.2, -0.15) is 0 Å². The predicted octanol–water partition coefficient (Wildman–Crippen LogP) is 9.46. The van der Waals surface area contributed by atoms with Crippen molar-refractivity contribution >= 4 is 17.7 Å². The molecular formula is C37H55F3N4O4. The quantitative estimate of drug-likeness (QED) is 0.168. The van der Waals surface area contributed by atoms with Crippen LogP contribution in [-0.2, 0) is 16.1 Å². The van der Waals surface area contributed by atoms with Crippen molar-refractivity contribution in [1.29, 1.82) is 0 Å². The van der Waals surface area contributed by atoms with Gasteiger partial charge in [0.05, 0.1) is 18.7 Å². The van der Waals surface area contributed by atoms with Crippen LogP contribution in [-0.4, -0.2) is 69.3 Å². The van der Waals surface area contributed by atoms with E-state index in [0.717, 1.165) is 54.2 Å². The van der Waals surface area contributed by atoms with Gasteiger partial charge in [0, 0.05) is 36.6 Å². The fraction of sp³-hybridized carbons (Fsp3) is 0.486. The van der Waals surface area contributed by atoms with Crippen LogP contribution >= 0.6 is 0 Å². The van der Waals surface area contributed by atoms with E-state index < -0.39 is 17.9 Å². The standard InChI is InChI=1S/C26H34N4O4.C5H9F.C4H6F2.C2H6/c1-6-28(16-23-21(5)29-12-7-8-19(3)25(29)27-23)13-11-22-15-30(26(33)34-17-22)20(4)10-9-18(2)14-24(31)32;1-3-5(2)4-6;1-2-4(6)3-5;1-2/h7-10,12,22H,2,4,6,11,13-17H2,1,3,5H3,(H,31,32);3H,4H2,1-2H3;3H,2H2,1H3;1-2H3/b10-9-;5-3-;4-3-;. The third-order valence-corrected chi connectivity index (χ3v) is 7.36. The Balaban J connectivity index is 0.00000133. The Morgan fingerprint density at radius 2 is 1.90 bits per heavy atom. The Morgan fingerprint density at radius 3 is 2.38 bits per heavy atom. The Bertz CT molecular complexity index is 1400. The molecule has 48 heavy (non-hydrogen) atoms. The number of carbonyl (C=O) groups is 2. The molecule has 1 aliphatic heterocycles. The van der Waals surface area contributed by atoms with Crippen molar-refractivity contribution in [2.24, 2.45) is 5.92 Å². The van der Waals surface area contributed by atoms with Crippen LogP contribution in [0, 0.1) is 19.8 Å². The van der Waals surface area contributed by atoms with Crippen molar-refractivity contribution in [3.63, 3.8) is 0 Å². The van der Waals surface area contributed by atoms with E-state index in [1.165, 1.54) is 4.90 Å². The predicted molar refractivity (Wildman–Crippen MR) is 189 cm³/mol. The average molecular weight is 677 g/mol. The number of hydrogen-bond donors (Lipinski definition) is 1. The lowest BCUT2D eigenvalue weighted by atomic mass is 10.0. The fourth-order valence-corrected chi connectivity index (χ4v) is 4.22. The first-order valence-corrected chi connectivity index (χ1v) is 16.3. The molecule has 1 amide bonds. The number of ether oxygens (including phenoxy) is 1. The summed E-state index contributed by atoms with van der Waals surface area (Å²) in [4.78, 5) is 31.8. The third-order valence-electron chi connectivity index (χ3n) is 7.36. The number of hydrogen-bond acceptors (Lipinski definition) is 5. The van der Waals surface area contributed by atoms with Crippen LogP contribution in [0.1, 0.15) is 77.8 Å². The van der Waals surface area contributed by atoms with E-state index in [2.05, 4.69) is 49.3 Å². The van der Waals surface area contributed by atoms with Crippen LogP contribution in [0.4, 0.5) is 18.0 Å². The normalized spacial score (nSPS) is 14.8. The summed E-state index contributed by atoms with van der Waals surface area (Å²) >= 11 is 0. The second-order valence-electron chi connectivity index (χ2n) is 11.0. The van der Waals surface area contributed by atoms with Gasteiger partial charge in [-0.25, -0.2) is 22.9 Å². The van der Waals surface area contributed by atoms with Gasteiger partial charge in [0.1, 0.15) is 24.5 Å². The molecule has 2 aromatic heterocycles. The molecule has 0 saturated carbocycles. The lowest BCUT2D eigenvalue weighted by molar-refractivity contribution is -0.136. The van der Waals surface area contributed by atoms with Crippen molar-refractivity contribution in [1.82, 2.24) is 19.2 Å². The highest BCUT2D eigenvalue weighted by atomic mass is 19.2. The SMILES string of the molecule is C/C=C(/C)CF.C=C(/C=C\C(=C)N1CC(CCN(CC)Cc2nc3c(C)cccn3c2C)COC1=O)CC(=O)O.CC.CC/C(F)=C/F. The van der Waals surface area contributed by atoms with Gasteiger partial charge in [-0.1, -0.05) is 59.1 Å². The van der Waals surface area contributed by atoms with Crippen molar-refractivity contribution in [2.45, 2.75) is 81.2 Å². The summed E-state index contributed by atoms with van der Waals surface area (Å²) in [6, 6.07) is 4.11. The second kappa shape index (κ2) is 24.1. The number of amides is 1. The lowest BCUT2D eigenvalue weighted by Crippen LogP contribution is -2.43. The van der Waals surface area contributed by atoms with Gasteiger partial charge in [0.15, 0.2) is 0 Å². The first-order chi connectivity index (χ1) is 22.8. The molecule has 1 unspecified atom stereocenters. The average Bonchev–Trinajstić information content (AvgIpc) is 3.41. The molecule has 2 aromatic rings. The molecule has 1 atom stereocenters. The maximum atomic E-state index is 12.3. The molecule has 8 nitrogen and oxygen atoms in total. The van der Waals surface area contributed by atoms with Gasteiger partial charge in [-0.05, 0) is 82.5 Å². The van der Waals surface area contributed by atoms with Crippen LogP contribution < -0.4 is 0 Å². The first kappa shape index (κ1) is 43.9. The van der Waals surface area contributed by atoms with Crippen LogP contribution in [0.15, 0.2) is 78.7 Å². The largest absolute Gasteiger partial charge is 0.481 e. The van der Waals surface area contributed by atoms with E-state index in [1.54, 1.807) is 32.1 Å². The molecule has 3 rings (SSSR count). The summed E-state index contributed by atoms with van der Waals surface area (Å²) in [6.45, 7) is 26.2. The number of aliphatic carboxylic acids is 1. The number of aryl methyl sites for hydroxylation is 2. The summed E-state index contributed by atoms with van der Waals surface area (Å²) in [6.07, 6.45) is 7.40. The number of rotatable bonds is 13. The number of fused-ring (bicyclic) bond motifs is 1. The zero-order valence-electron chi connectivity index (χ0n) is 30.0. The van der Waals surface area contributed by atoms with Crippen LogP contribution in [0.5, 0.6) is 0 Å². The molecule has 0 aromatic carbocycles. The molecule has 0 radical (unpaired) electrons. The van der Waals surface area contributed by atoms with Crippen molar-refractivity contribution in [3.8, 4) is 0 Å². The molecule has 268 valence electrons. The maximum Gasteiger partial charge on any atom is 0.414 e. The number of imidazole rings is 1. The smallest absolute Gasteiger partial charge is 0.414 e. The van der Waals surface area contributed by atoms with Crippen LogP contribution in [0.25, 0.3) is 5.65 Å². The number of halogens is 3. The third kappa shape index (κ3) is 15.6. The monoisotopic (exact) mass is 676 g/mol. The number of allylic oxidation sites excluding steroid dienone is 5. The minimum absolute atomic E-state index is 0.0278. The van der Waals surface area contributed by atoms with Crippen molar-refractivity contribution in [3.05, 3.63) is 95.7 Å². The molecule has 1 saturated heterocycles. The number of alkyl halides is 1. The molecule has 3 heterocycles. The van der Waals surface area contributed by atoms with Gasteiger partial charge in [-0.3, -0.25) is 14.6 Å². The molecule has 11 heteroatoms. The number of carboxylic acids is 1. The molecular weight excluding hydrogens is 621 g/mol. The van der Waals surface area contributed by atoms with Crippen LogP contribution in [0.3, 0.4) is 0 Å². The van der Waals surface area contributed by atoms with E-state index in [-0.39, 0.29) is 31.8 Å². The summed E-state index contributed by atoms with van der Waals surface area (Å²) in [7, 11) is 0. The maximum absolute atomic E-state index is 12.3. The number of cyclic esters (lactones) is 1. The summed E-state index contributed by atoms with van der Waals surface area (Å²) in [5.74, 6) is -1.48. The van der Waals surface area contributed by atoms with E-state index >= 15 is 0 Å². The zero-order chi connectivity index (χ0) is 36.8. The number of nitrogens with zero attached hydrogens (tertiary/aromatic N) is 4. The Labute approximate surface area is 285 Å². The highest BCUT2D eigenvalue weighted by Crippen LogP contribution is 2.21. The van der Waals surface area contributed by atoms with Crippen LogP contribution in [0.2, 0.25) is 0 Å². The highest BCUT2D eigenvalue weighted by molar-refractivity contribution is 5.72. The lowest BCUT2D eigenvalue weighted by Gasteiger charge is -2.33. The van der Waals surface area contributed by atoms with Crippen molar-refractivity contribution in [2.75, 3.05) is 32.9 Å². The molecule has 1 aliphatic rings. The van der Waals surface area contributed by atoms with Gasteiger partial charge in [0.25, 0.3) is 0 Å². The minimum Gasteiger partial charge on any atom is -0.481 e. The zero-order valence-corrected chi connectivity index (χ0v) is 30.0. The number of aromatic nitrogens is 2. The summed E-state index contributed by atoms with van der Waals surface area (Å²) in [5, 5.41) is 8.85. The Kier molecular flexibility index (Phi) is 22.0. The molecule has 0 aliphatic carbocycles.